The number of benzene rings is 1. The molecule has 1 rings (SSSR count). The molecule has 0 saturated heterocycles. The summed E-state index contributed by atoms with van der Waals surface area (Å²) in [6.07, 6.45) is 1.95. The zero-order valence-electron chi connectivity index (χ0n) is 15.1. The quantitative estimate of drug-likeness (QED) is 0.627. The number of carbonyl (C=O) groups is 2. The van der Waals surface area contributed by atoms with Crippen LogP contribution in [0, 0.1) is 0 Å². The maximum atomic E-state index is 12.3. The lowest BCUT2D eigenvalue weighted by Crippen LogP contribution is -2.31. The molecule has 0 atom stereocenters. The highest BCUT2D eigenvalue weighted by molar-refractivity contribution is 6.32. The van der Waals surface area contributed by atoms with Crippen LogP contribution < -0.4 is 20.1 Å². The van der Waals surface area contributed by atoms with Crippen molar-refractivity contribution in [1.82, 2.24) is 10.6 Å². The van der Waals surface area contributed by atoms with Crippen molar-refractivity contribution in [1.29, 1.82) is 0 Å². The molecule has 0 aliphatic heterocycles. The molecule has 0 fully saturated rings. The molecule has 0 aliphatic rings. The minimum absolute atomic E-state index is 0.0847. The topological polar surface area (TPSA) is 76.7 Å². The minimum atomic E-state index is -0.312. The number of hydrogen-bond acceptors (Lipinski definition) is 4. The summed E-state index contributed by atoms with van der Waals surface area (Å²) in [4.78, 5) is 23.8. The number of carbonyl (C=O) groups excluding carboxylic acids is 2. The van der Waals surface area contributed by atoms with E-state index in [9.17, 15) is 9.59 Å². The van der Waals surface area contributed by atoms with E-state index in [2.05, 4.69) is 10.6 Å². The minimum Gasteiger partial charge on any atom is -0.490 e. The van der Waals surface area contributed by atoms with E-state index in [1.165, 1.54) is 0 Å². The number of amides is 2. The second-order valence-electron chi connectivity index (χ2n) is 5.42. The predicted molar refractivity (Wildman–Crippen MR) is 98.7 cm³/mol. The van der Waals surface area contributed by atoms with Gasteiger partial charge in [0.25, 0.3) is 5.91 Å². The van der Waals surface area contributed by atoms with Crippen molar-refractivity contribution >= 4 is 23.4 Å². The highest BCUT2D eigenvalue weighted by atomic mass is 35.5. The molecule has 0 radical (unpaired) electrons. The number of halogens is 1. The smallest absolute Gasteiger partial charge is 0.251 e. The Morgan fingerprint density at radius 2 is 1.80 bits per heavy atom. The van der Waals surface area contributed by atoms with Crippen molar-refractivity contribution in [3.05, 3.63) is 22.7 Å². The van der Waals surface area contributed by atoms with Crippen LogP contribution in [-0.4, -0.2) is 38.1 Å². The first-order chi connectivity index (χ1) is 12.0. The Hall–Kier alpha value is -1.95. The van der Waals surface area contributed by atoms with Crippen LogP contribution in [0.1, 0.15) is 50.4 Å². The van der Waals surface area contributed by atoms with Gasteiger partial charge >= 0.3 is 0 Å². The summed E-state index contributed by atoms with van der Waals surface area (Å²) in [5.41, 5.74) is 0.367. The second kappa shape index (κ2) is 11.6. The largest absolute Gasteiger partial charge is 0.490 e. The zero-order valence-corrected chi connectivity index (χ0v) is 15.9. The average Bonchev–Trinajstić information content (AvgIpc) is 2.59. The monoisotopic (exact) mass is 370 g/mol. The Labute approximate surface area is 154 Å². The molecule has 0 saturated carbocycles. The maximum Gasteiger partial charge on any atom is 0.251 e. The van der Waals surface area contributed by atoms with Crippen molar-refractivity contribution in [3.8, 4) is 11.5 Å². The van der Waals surface area contributed by atoms with Crippen LogP contribution in [0.15, 0.2) is 12.1 Å². The van der Waals surface area contributed by atoms with Gasteiger partial charge in [0, 0.05) is 25.1 Å². The normalized spacial score (nSPS) is 10.2. The van der Waals surface area contributed by atoms with Gasteiger partial charge in [-0.05, 0) is 31.9 Å². The highest BCUT2D eigenvalue weighted by Crippen LogP contribution is 2.36. The van der Waals surface area contributed by atoms with Gasteiger partial charge in [-0.2, -0.15) is 0 Å². The first-order valence-electron chi connectivity index (χ1n) is 8.67. The van der Waals surface area contributed by atoms with Crippen LogP contribution in [0.4, 0.5) is 0 Å². The third-order valence-corrected chi connectivity index (χ3v) is 3.51. The van der Waals surface area contributed by atoms with Gasteiger partial charge in [0.2, 0.25) is 5.91 Å². The van der Waals surface area contributed by atoms with E-state index in [-0.39, 0.29) is 24.8 Å². The summed E-state index contributed by atoms with van der Waals surface area (Å²) >= 11 is 6.24. The summed E-state index contributed by atoms with van der Waals surface area (Å²) in [7, 11) is 0. The summed E-state index contributed by atoms with van der Waals surface area (Å²) in [6.45, 7) is 7.66. The van der Waals surface area contributed by atoms with E-state index in [0.717, 1.165) is 12.8 Å². The van der Waals surface area contributed by atoms with Crippen molar-refractivity contribution < 1.29 is 19.1 Å². The van der Waals surface area contributed by atoms with Crippen molar-refractivity contribution in [3.63, 3.8) is 0 Å². The molecule has 2 amide bonds. The molecule has 0 bridgehead atoms. The van der Waals surface area contributed by atoms with Gasteiger partial charge in [-0.15, -0.1) is 0 Å². The molecule has 0 unspecified atom stereocenters. The zero-order chi connectivity index (χ0) is 18.7. The summed E-state index contributed by atoms with van der Waals surface area (Å²) in [5, 5.41) is 5.79. The predicted octanol–water partition coefficient (Wildman–Crippen LogP) is 3.17. The molecular formula is C18H27ClN2O4. The van der Waals surface area contributed by atoms with Crippen LogP contribution >= 0.6 is 11.6 Å². The molecular weight excluding hydrogens is 344 g/mol. The molecule has 7 heteroatoms. The molecule has 2 N–H and O–H groups in total. The fourth-order valence-corrected chi connectivity index (χ4v) is 2.32. The van der Waals surface area contributed by atoms with E-state index >= 15 is 0 Å². The van der Waals surface area contributed by atoms with Gasteiger partial charge < -0.3 is 20.1 Å². The van der Waals surface area contributed by atoms with E-state index in [0.29, 0.717) is 41.8 Å². The average molecular weight is 371 g/mol. The van der Waals surface area contributed by atoms with Gasteiger partial charge in [-0.1, -0.05) is 25.4 Å². The Balaban J connectivity index is 2.73. The first-order valence-corrected chi connectivity index (χ1v) is 9.05. The summed E-state index contributed by atoms with van der Waals surface area (Å²) in [5.74, 6) is 0.488. The van der Waals surface area contributed by atoms with E-state index in [4.69, 9.17) is 21.1 Å². The fourth-order valence-electron chi connectivity index (χ4n) is 2.05. The van der Waals surface area contributed by atoms with Crippen LogP contribution in [0.3, 0.4) is 0 Å². The van der Waals surface area contributed by atoms with Crippen molar-refractivity contribution in [2.24, 2.45) is 0 Å². The standard InChI is InChI=1S/C18H27ClN2O4/c1-4-8-20-16(22)7-9-21-18(23)13-11-14(19)17(25-10-5-2)15(12-13)24-6-3/h11-12H,4-10H2,1-3H3,(H,20,22)(H,21,23). The molecule has 6 nitrogen and oxygen atoms in total. The summed E-state index contributed by atoms with van der Waals surface area (Å²) < 4.78 is 11.2. The third kappa shape index (κ3) is 7.22. The van der Waals surface area contributed by atoms with Gasteiger partial charge in [0.05, 0.1) is 18.2 Å². The Bertz CT molecular complexity index is 578. The Kier molecular flexibility index (Phi) is 9.77. The Morgan fingerprint density at radius 3 is 2.44 bits per heavy atom. The number of rotatable bonds is 11. The van der Waals surface area contributed by atoms with Crippen molar-refractivity contribution in [2.45, 2.75) is 40.0 Å². The molecule has 140 valence electrons. The third-order valence-electron chi connectivity index (χ3n) is 3.23. The maximum absolute atomic E-state index is 12.3. The van der Waals surface area contributed by atoms with E-state index in [1.54, 1.807) is 12.1 Å². The molecule has 1 aromatic carbocycles. The highest BCUT2D eigenvalue weighted by Gasteiger charge is 2.16. The molecule has 0 aliphatic carbocycles. The van der Waals surface area contributed by atoms with Crippen molar-refractivity contribution in [2.75, 3.05) is 26.3 Å². The van der Waals surface area contributed by atoms with Gasteiger partial charge in [-0.3, -0.25) is 9.59 Å². The summed E-state index contributed by atoms with van der Waals surface area (Å²) in [6, 6.07) is 3.15. The SMILES string of the molecule is CCCNC(=O)CCNC(=O)c1cc(Cl)c(OCCC)c(OCC)c1. The van der Waals surface area contributed by atoms with Crippen LogP contribution in [0.5, 0.6) is 11.5 Å². The van der Waals surface area contributed by atoms with E-state index in [1.807, 2.05) is 20.8 Å². The van der Waals surface area contributed by atoms with Gasteiger partial charge in [-0.25, -0.2) is 0 Å². The number of ether oxygens (including phenoxy) is 2. The van der Waals surface area contributed by atoms with Crippen LogP contribution in [0.25, 0.3) is 0 Å². The lowest BCUT2D eigenvalue weighted by molar-refractivity contribution is -0.120. The fraction of sp³-hybridized carbons (Fsp3) is 0.556. The molecule has 25 heavy (non-hydrogen) atoms. The van der Waals surface area contributed by atoms with Gasteiger partial charge in [0.1, 0.15) is 0 Å². The van der Waals surface area contributed by atoms with Crippen LogP contribution in [-0.2, 0) is 4.79 Å². The number of hydrogen-bond donors (Lipinski definition) is 2. The molecule has 0 spiro atoms. The number of nitrogens with one attached hydrogen (secondary N) is 2. The van der Waals surface area contributed by atoms with Gasteiger partial charge in [0.15, 0.2) is 11.5 Å². The lowest BCUT2D eigenvalue weighted by Gasteiger charge is -2.15. The van der Waals surface area contributed by atoms with Crippen LogP contribution in [0.2, 0.25) is 5.02 Å². The molecule has 0 aromatic heterocycles. The molecule has 0 heterocycles. The van der Waals surface area contributed by atoms with E-state index < -0.39 is 0 Å². The lowest BCUT2D eigenvalue weighted by atomic mass is 10.2. The second-order valence-corrected chi connectivity index (χ2v) is 5.83. The Morgan fingerprint density at radius 1 is 1.04 bits per heavy atom. The molecule has 1 aromatic rings. The first kappa shape index (κ1) is 21.1.